The highest BCUT2D eigenvalue weighted by Gasteiger charge is 2.30. The molecule has 0 radical (unpaired) electrons. The Bertz CT molecular complexity index is 887. The molecule has 0 saturated heterocycles. The molecule has 0 bridgehead atoms. The first-order valence-electron chi connectivity index (χ1n) is 8.33. The summed E-state index contributed by atoms with van der Waals surface area (Å²) >= 11 is 6.19. The van der Waals surface area contributed by atoms with Gasteiger partial charge in [-0.15, -0.1) is 0 Å². The summed E-state index contributed by atoms with van der Waals surface area (Å²) < 4.78 is 10.5. The Kier molecular flexibility index (Phi) is 5.41. The summed E-state index contributed by atoms with van der Waals surface area (Å²) in [6.07, 6.45) is 0. The number of nitrogens with zero attached hydrogens (tertiary/aromatic N) is 1. The standard InChI is InChI=1S/C19H20ClN3O4/c1-11(21-14-8-12(20)16(26-2)9-17(14)27-3)19(25)23-10-18(24)22-13-6-4-5-7-15(13)23/h4-9,11,21H,10H2,1-3H3,(H,22,24)/t11-/m0/s1. The van der Waals surface area contributed by atoms with Crippen LogP contribution < -0.4 is 25.0 Å². The molecule has 1 heterocycles. The summed E-state index contributed by atoms with van der Waals surface area (Å²) in [4.78, 5) is 26.4. The number of amides is 2. The van der Waals surface area contributed by atoms with Gasteiger partial charge in [0.15, 0.2) is 0 Å². The van der Waals surface area contributed by atoms with Crippen LogP contribution in [0.1, 0.15) is 6.92 Å². The molecular formula is C19H20ClN3O4. The van der Waals surface area contributed by atoms with Crippen molar-refractivity contribution >= 4 is 40.5 Å². The molecule has 8 heteroatoms. The first-order valence-corrected chi connectivity index (χ1v) is 8.70. The van der Waals surface area contributed by atoms with Crippen molar-refractivity contribution in [3.05, 3.63) is 41.4 Å². The molecule has 0 unspecified atom stereocenters. The maximum absolute atomic E-state index is 13.0. The molecule has 2 N–H and O–H groups in total. The Morgan fingerprint density at radius 1 is 1.22 bits per heavy atom. The molecule has 27 heavy (non-hydrogen) atoms. The highest BCUT2D eigenvalue weighted by Crippen LogP contribution is 2.36. The number of fused-ring (bicyclic) bond motifs is 1. The van der Waals surface area contributed by atoms with Crippen LogP contribution in [-0.2, 0) is 9.59 Å². The number of carbonyl (C=O) groups is 2. The number of hydrogen-bond acceptors (Lipinski definition) is 5. The smallest absolute Gasteiger partial charge is 0.249 e. The number of halogens is 1. The normalized spacial score (nSPS) is 14.1. The topological polar surface area (TPSA) is 79.9 Å². The van der Waals surface area contributed by atoms with Gasteiger partial charge in [0.1, 0.15) is 24.1 Å². The van der Waals surface area contributed by atoms with Crippen molar-refractivity contribution < 1.29 is 19.1 Å². The fourth-order valence-electron chi connectivity index (χ4n) is 2.93. The lowest BCUT2D eigenvalue weighted by Crippen LogP contribution is -2.47. The molecule has 0 fully saturated rings. The molecule has 142 valence electrons. The van der Waals surface area contributed by atoms with Crippen molar-refractivity contribution in [1.29, 1.82) is 0 Å². The number of carbonyl (C=O) groups excluding carboxylic acids is 2. The van der Waals surface area contributed by atoms with E-state index in [0.29, 0.717) is 33.6 Å². The lowest BCUT2D eigenvalue weighted by molar-refractivity contribution is -0.122. The summed E-state index contributed by atoms with van der Waals surface area (Å²) in [5.74, 6) is 0.484. The van der Waals surface area contributed by atoms with E-state index >= 15 is 0 Å². The van der Waals surface area contributed by atoms with Gasteiger partial charge in [-0.25, -0.2) is 0 Å². The average Bonchev–Trinajstić information content (AvgIpc) is 2.66. The second kappa shape index (κ2) is 7.75. The summed E-state index contributed by atoms with van der Waals surface area (Å²) in [5, 5.41) is 6.27. The van der Waals surface area contributed by atoms with Crippen molar-refractivity contribution in [3.8, 4) is 11.5 Å². The van der Waals surface area contributed by atoms with Crippen molar-refractivity contribution in [2.24, 2.45) is 0 Å². The van der Waals surface area contributed by atoms with E-state index in [9.17, 15) is 9.59 Å². The van der Waals surface area contributed by atoms with Crippen LogP contribution in [0.2, 0.25) is 5.02 Å². The van der Waals surface area contributed by atoms with Crippen LogP contribution in [0.3, 0.4) is 0 Å². The molecule has 1 aliphatic heterocycles. The number of benzene rings is 2. The lowest BCUT2D eigenvalue weighted by Gasteiger charge is -2.31. The van der Waals surface area contributed by atoms with Crippen LogP contribution in [0.15, 0.2) is 36.4 Å². The van der Waals surface area contributed by atoms with Gasteiger partial charge in [-0.1, -0.05) is 23.7 Å². The average molecular weight is 390 g/mol. The van der Waals surface area contributed by atoms with E-state index in [0.717, 1.165) is 0 Å². The van der Waals surface area contributed by atoms with Crippen LogP contribution in [0, 0.1) is 0 Å². The molecule has 2 aromatic rings. The molecule has 0 aliphatic carbocycles. The molecule has 0 saturated carbocycles. The van der Waals surface area contributed by atoms with E-state index < -0.39 is 6.04 Å². The fourth-order valence-corrected chi connectivity index (χ4v) is 3.17. The first-order chi connectivity index (χ1) is 12.9. The number of methoxy groups -OCH3 is 2. The monoisotopic (exact) mass is 389 g/mol. The number of hydrogen-bond donors (Lipinski definition) is 2. The van der Waals surface area contributed by atoms with E-state index in [2.05, 4.69) is 10.6 Å². The summed E-state index contributed by atoms with van der Waals surface area (Å²) in [7, 11) is 3.03. The summed E-state index contributed by atoms with van der Waals surface area (Å²) in [6.45, 7) is 1.68. The minimum Gasteiger partial charge on any atom is -0.495 e. The molecule has 1 atom stereocenters. The van der Waals surface area contributed by atoms with Crippen LogP contribution in [0.4, 0.5) is 17.1 Å². The fraction of sp³-hybridized carbons (Fsp3) is 0.263. The van der Waals surface area contributed by atoms with E-state index in [-0.39, 0.29) is 18.4 Å². The molecule has 0 aromatic heterocycles. The number of rotatable bonds is 5. The minimum atomic E-state index is -0.623. The predicted octanol–water partition coefficient (Wildman–Crippen LogP) is 3.14. The van der Waals surface area contributed by atoms with Gasteiger partial charge >= 0.3 is 0 Å². The molecule has 2 aromatic carbocycles. The molecule has 7 nitrogen and oxygen atoms in total. The van der Waals surface area contributed by atoms with Crippen molar-refractivity contribution in [2.45, 2.75) is 13.0 Å². The van der Waals surface area contributed by atoms with Crippen molar-refractivity contribution in [2.75, 3.05) is 36.3 Å². The largest absolute Gasteiger partial charge is 0.495 e. The van der Waals surface area contributed by atoms with Gasteiger partial charge in [-0.05, 0) is 25.1 Å². The van der Waals surface area contributed by atoms with Gasteiger partial charge in [0.25, 0.3) is 0 Å². The molecule has 0 spiro atoms. The van der Waals surface area contributed by atoms with Gasteiger partial charge < -0.3 is 20.1 Å². The third kappa shape index (κ3) is 3.78. The van der Waals surface area contributed by atoms with Crippen LogP contribution in [0.5, 0.6) is 11.5 Å². The van der Waals surface area contributed by atoms with Crippen LogP contribution in [-0.4, -0.2) is 38.6 Å². The second-order valence-corrected chi connectivity index (χ2v) is 6.45. The minimum absolute atomic E-state index is 0.0393. The highest BCUT2D eigenvalue weighted by molar-refractivity contribution is 6.32. The zero-order valence-electron chi connectivity index (χ0n) is 15.2. The maximum atomic E-state index is 13.0. The zero-order valence-corrected chi connectivity index (χ0v) is 16.0. The zero-order chi connectivity index (χ0) is 19.6. The highest BCUT2D eigenvalue weighted by atomic mass is 35.5. The first kappa shape index (κ1) is 18.8. The number of para-hydroxylation sites is 2. The van der Waals surface area contributed by atoms with Crippen LogP contribution >= 0.6 is 11.6 Å². The number of ether oxygens (including phenoxy) is 2. The third-order valence-electron chi connectivity index (χ3n) is 4.25. The van der Waals surface area contributed by atoms with Gasteiger partial charge in [-0.3, -0.25) is 14.5 Å². The molecular weight excluding hydrogens is 370 g/mol. The maximum Gasteiger partial charge on any atom is 0.249 e. The van der Waals surface area contributed by atoms with Crippen molar-refractivity contribution in [1.82, 2.24) is 0 Å². The number of nitrogens with one attached hydrogen (secondary N) is 2. The Hall–Kier alpha value is -2.93. The van der Waals surface area contributed by atoms with Gasteiger partial charge in [0.05, 0.1) is 36.3 Å². The van der Waals surface area contributed by atoms with E-state index in [1.807, 2.05) is 6.07 Å². The SMILES string of the molecule is COc1cc(OC)c(N[C@@H](C)C(=O)N2CC(=O)Nc3ccccc32)cc1Cl. The van der Waals surface area contributed by atoms with E-state index in [1.54, 1.807) is 37.3 Å². The van der Waals surface area contributed by atoms with Crippen molar-refractivity contribution in [3.63, 3.8) is 0 Å². The van der Waals surface area contributed by atoms with Gasteiger partial charge in [-0.2, -0.15) is 0 Å². The molecule has 3 rings (SSSR count). The Morgan fingerprint density at radius 2 is 1.93 bits per heavy atom. The summed E-state index contributed by atoms with van der Waals surface area (Å²) in [5.41, 5.74) is 1.83. The molecule has 1 aliphatic rings. The second-order valence-electron chi connectivity index (χ2n) is 6.04. The Balaban J connectivity index is 1.85. The lowest BCUT2D eigenvalue weighted by atomic mass is 10.1. The van der Waals surface area contributed by atoms with E-state index in [1.165, 1.54) is 19.1 Å². The van der Waals surface area contributed by atoms with E-state index in [4.69, 9.17) is 21.1 Å². The molecule has 2 amide bonds. The Morgan fingerprint density at radius 3 is 2.63 bits per heavy atom. The predicted molar refractivity (Wildman–Crippen MR) is 105 cm³/mol. The van der Waals surface area contributed by atoms with Crippen LogP contribution in [0.25, 0.3) is 0 Å². The Labute approximate surface area is 162 Å². The van der Waals surface area contributed by atoms with Gasteiger partial charge in [0, 0.05) is 6.07 Å². The number of anilines is 3. The summed E-state index contributed by atoms with van der Waals surface area (Å²) in [6, 6.07) is 9.84. The third-order valence-corrected chi connectivity index (χ3v) is 4.55. The quantitative estimate of drug-likeness (QED) is 0.821. The van der Waals surface area contributed by atoms with Gasteiger partial charge in [0.2, 0.25) is 11.8 Å².